The molecule has 0 aromatic rings. The zero-order chi connectivity index (χ0) is 5.28. The van der Waals surface area contributed by atoms with Crippen LogP contribution < -0.4 is 11.1 Å². The minimum atomic E-state index is -0.230. The lowest BCUT2D eigenvalue weighted by atomic mass is 10.1. The first-order valence-corrected chi connectivity index (χ1v) is 2.33. The van der Waals surface area contributed by atoms with Crippen molar-refractivity contribution in [3.05, 3.63) is 0 Å². The predicted molar refractivity (Wildman–Crippen MR) is 32.9 cm³/mol. The van der Waals surface area contributed by atoms with E-state index in [1.54, 1.807) is 0 Å². The molecule has 1 amide bonds. The van der Waals surface area contributed by atoms with E-state index in [0.717, 1.165) is 13.0 Å². The summed E-state index contributed by atoms with van der Waals surface area (Å²) in [7, 11) is 0. The van der Waals surface area contributed by atoms with E-state index in [1.807, 2.05) is 0 Å². The molecule has 1 rings (SSSR count). The number of halogens is 1. The van der Waals surface area contributed by atoms with Crippen molar-refractivity contribution in [2.24, 2.45) is 5.73 Å². The van der Waals surface area contributed by atoms with E-state index in [9.17, 15) is 4.79 Å². The fraction of sp³-hybridized carbons (Fsp3) is 0.750. The van der Waals surface area contributed by atoms with Gasteiger partial charge < -0.3 is 11.1 Å². The lowest BCUT2D eigenvalue weighted by Crippen LogP contribution is -2.51. The molecule has 1 aliphatic rings. The molecule has 3 nitrogen and oxygen atoms in total. The number of primary amides is 1. The Balaban J connectivity index is 0.000000490. The lowest BCUT2D eigenvalue weighted by Gasteiger charge is -2.23. The van der Waals surface area contributed by atoms with Gasteiger partial charge in [0.1, 0.15) is 0 Å². The zero-order valence-corrected chi connectivity index (χ0v) is 5.20. The number of nitrogens with two attached hydrogens (primary N) is 1. The Morgan fingerprint density at radius 2 is 2.25 bits per heavy atom. The summed E-state index contributed by atoms with van der Waals surface area (Å²) in [6, 6.07) is -0.0278. The van der Waals surface area contributed by atoms with Crippen molar-refractivity contribution >= 4 is 18.3 Å². The fourth-order valence-corrected chi connectivity index (χ4v) is 0.532. The number of carbonyl (C=O) groups is 1. The number of amides is 1. The largest absolute Gasteiger partial charge is 0.368 e. The maximum Gasteiger partial charge on any atom is 0.234 e. The molecule has 0 saturated carbocycles. The maximum absolute atomic E-state index is 10.1. The van der Waals surface area contributed by atoms with E-state index in [1.165, 1.54) is 0 Å². The zero-order valence-electron chi connectivity index (χ0n) is 4.39. The second-order valence-electron chi connectivity index (χ2n) is 1.70. The molecule has 0 radical (unpaired) electrons. The summed E-state index contributed by atoms with van der Waals surface area (Å²) >= 11 is 0. The van der Waals surface area contributed by atoms with Crippen LogP contribution in [0.3, 0.4) is 0 Å². The summed E-state index contributed by atoms with van der Waals surface area (Å²) in [5, 5.41) is 2.87. The molecule has 4 heteroatoms. The first kappa shape index (κ1) is 7.72. The molecule has 0 spiro atoms. The second kappa shape index (κ2) is 2.89. The molecule has 1 fully saturated rings. The molecule has 1 atom stereocenters. The van der Waals surface area contributed by atoms with Crippen molar-refractivity contribution in [3.8, 4) is 0 Å². The highest BCUT2D eigenvalue weighted by Crippen LogP contribution is 1.98. The number of hydrogen-bond donors (Lipinski definition) is 2. The van der Waals surface area contributed by atoms with E-state index in [0.29, 0.717) is 0 Å². The van der Waals surface area contributed by atoms with Crippen molar-refractivity contribution < 1.29 is 4.79 Å². The highest BCUT2D eigenvalue weighted by Gasteiger charge is 2.20. The van der Waals surface area contributed by atoms with E-state index >= 15 is 0 Å². The molecule has 8 heavy (non-hydrogen) atoms. The van der Waals surface area contributed by atoms with Crippen LogP contribution >= 0.6 is 12.4 Å². The molecular weight excluding hydrogens is 128 g/mol. The monoisotopic (exact) mass is 136 g/mol. The van der Waals surface area contributed by atoms with Crippen LogP contribution in [0.4, 0.5) is 0 Å². The molecule has 0 aromatic carbocycles. The lowest BCUT2D eigenvalue weighted by molar-refractivity contribution is -0.121. The summed E-state index contributed by atoms with van der Waals surface area (Å²) in [5.74, 6) is -0.230. The van der Waals surface area contributed by atoms with Gasteiger partial charge in [0, 0.05) is 0 Å². The van der Waals surface area contributed by atoms with Crippen LogP contribution in [0.25, 0.3) is 0 Å². The average Bonchev–Trinajstić information content (AvgIpc) is 1.23. The van der Waals surface area contributed by atoms with Gasteiger partial charge in [0.05, 0.1) is 6.04 Å². The van der Waals surface area contributed by atoms with Crippen molar-refractivity contribution in [2.45, 2.75) is 12.5 Å². The highest BCUT2D eigenvalue weighted by atomic mass is 35.5. The van der Waals surface area contributed by atoms with Crippen LogP contribution in [-0.2, 0) is 4.79 Å². The van der Waals surface area contributed by atoms with Gasteiger partial charge in [-0.05, 0) is 13.0 Å². The van der Waals surface area contributed by atoms with Gasteiger partial charge in [-0.1, -0.05) is 0 Å². The van der Waals surface area contributed by atoms with Gasteiger partial charge in [-0.15, -0.1) is 12.4 Å². The SMILES string of the molecule is Cl.NC(=O)C1CCN1. The Bertz CT molecular complexity index is 92.0. The third-order valence-corrected chi connectivity index (χ3v) is 1.17. The van der Waals surface area contributed by atoms with Crippen LogP contribution in [0, 0.1) is 0 Å². The predicted octanol–water partition coefficient (Wildman–Crippen LogP) is -0.745. The molecular formula is C4H9ClN2O. The van der Waals surface area contributed by atoms with Crippen molar-refractivity contribution in [2.75, 3.05) is 6.54 Å². The highest BCUT2D eigenvalue weighted by molar-refractivity contribution is 5.85. The van der Waals surface area contributed by atoms with Gasteiger partial charge in [0.15, 0.2) is 0 Å². The molecule has 3 N–H and O–H groups in total. The number of carbonyl (C=O) groups excluding carboxylic acids is 1. The summed E-state index contributed by atoms with van der Waals surface area (Å²) in [6.45, 7) is 0.938. The second-order valence-corrected chi connectivity index (χ2v) is 1.70. The Labute approximate surface area is 54.0 Å². The van der Waals surface area contributed by atoms with Crippen LogP contribution in [0.15, 0.2) is 0 Å². The van der Waals surface area contributed by atoms with Gasteiger partial charge in [-0.25, -0.2) is 0 Å². The molecule has 1 aliphatic heterocycles. The smallest absolute Gasteiger partial charge is 0.234 e. The van der Waals surface area contributed by atoms with Gasteiger partial charge in [0.2, 0.25) is 5.91 Å². The van der Waals surface area contributed by atoms with E-state index < -0.39 is 0 Å². The standard InChI is InChI=1S/C4H8N2O.ClH/c5-4(7)3-1-2-6-3;/h3,6H,1-2H2,(H2,5,7);1H. The van der Waals surface area contributed by atoms with Crippen LogP contribution in [0.5, 0.6) is 0 Å². The molecule has 48 valence electrons. The summed E-state index contributed by atoms with van der Waals surface area (Å²) in [4.78, 5) is 10.1. The third-order valence-electron chi connectivity index (χ3n) is 1.17. The minimum Gasteiger partial charge on any atom is -0.368 e. The Kier molecular flexibility index (Phi) is 2.79. The average molecular weight is 137 g/mol. The molecule has 0 bridgehead atoms. The van der Waals surface area contributed by atoms with Crippen LogP contribution in [0.1, 0.15) is 6.42 Å². The van der Waals surface area contributed by atoms with Crippen LogP contribution in [0.2, 0.25) is 0 Å². The minimum absolute atomic E-state index is 0. The molecule has 0 aliphatic carbocycles. The van der Waals surface area contributed by atoms with Gasteiger partial charge in [-0.2, -0.15) is 0 Å². The van der Waals surface area contributed by atoms with Crippen molar-refractivity contribution in [3.63, 3.8) is 0 Å². The quantitative estimate of drug-likeness (QED) is 0.499. The summed E-state index contributed by atoms with van der Waals surface area (Å²) < 4.78 is 0. The van der Waals surface area contributed by atoms with Gasteiger partial charge >= 0.3 is 0 Å². The van der Waals surface area contributed by atoms with E-state index in [4.69, 9.17) is 5.73 Å². The number of rotatable bonds is 1. The first-order chi connectivity index (χ1) is 3.30. The molecule has 1 heterocycles. The number of hydrogen-bond acceptors (Lipinski definition) is 2. The van der Waals surface area contributed by atoms with Crippen LogP contribution in [-0.4, -0.2) is 18.5 Å². The Morgan fingerprint density at radius 1 is 1.75 bits per heavy atom. The summed E-state index contributed by atoms with van der Waals surface area (Å²) in [6.07, 6.45) is 0.912. The first-order valence-electron chi connectivity index (χ1n) is 2.33. The van der Waals surface area contributed by atoms with Gasteiger partial charge in [0.25, 0.3) is 0 Å². The Morgan fingerprint density at radius 3 is 2.25 bits per heavy atom. The molecule has 1 unspecified atom stereocenters. The Hall–Kier alpha value is -0.280. The normalized spacial score (nSPS) is 25.2. The van der Waals surface area contributed by atoms with Crippen molar-refractivity contribution in [1.29, 1.82) is 0 Å². The summed E-state index contributed by atoms with van der Waals surface area (Å²) in [5.41, 5.74) is 4.90. The maximum atomic E-state index is 10.1. The van der Waals surface area contributed by atoms with E-state index in [2.05, 4.69) is 5.32 Å². The van der Waals surface area contributed by atoms with Gasteiger partial charge in [-0.3, -0.25) is 4.79 Å². The van der Waals surface area contributed by atoms with Crippen molar-refractivity contribution in [1.82, 2.24) is 5.32 Å². The molecule has 0 aromatic heterocycles. The third kappa shape index (κ3) is 1.35. The van der Waals surface area contributed by atoms with E-state index in [-0.39, 0.29) is 24.4 Å². The fourth-order valence-electron chi connectivity index (χ4n) is 0.532. The molecule has 1 saturated heterocycles. The number of nitrogens with one attached hydrogen (secondary N) is 1. The topological polar surface area (TPSA) is 55.1 Å².